The molecule has 2 aromatic carbocycles. The maximum absolute atomic E-state index is 12.2. The van der Waals surface area contributed by atoms with Gasteiger partial charge in [0.15, 0.2) is 0 Å². The van der Waals surface area contributed by atoms with Crippen molar-refractivity contribution in [1.82, 2.24) is 9.78 Å². The standard InChI is InChI=1S/C19H15BrN4O3/c20-16-8-5-14(6-9-16)13-23-18(11-12-21-23)22-19(25)10-7-15-3-1-2-4-17(15)24(26)27/h1-12H,13H2,(H,22,25)/b10-7+. The first-order valence-electron chi connectivity index (χ1n) is 8.01. The molecule has 0 saturated carbocycles. The van der Waals surface area contributed by atoms with E-state index in [2.05, 4.69) is 26.3 Å². The largest absolute Gasteiger partial charge is 0.307 e. The molecule has 3 aromatic rings. The number of amides is 1. The topological polar surface area (TPSA) is 90.1 Å². The van der Waals surface area contributed by atoms with Crippen molar-refractivity contribution in [2.24, 2.45) is 0 Å². The van der Waals surface area contributed by atoms with Crippen LogP contribution in [0.15, 0.2) is 71.3 Å². The third kappa shape index (κ3) is 4.89. The Kier molecular flexibility index (Phi) is 5.77. The molecule has 0 aliphatic heterocycles. The molecule has 27 heavy (non-hydrogen) atoms. The molecular weight excluding hydrogens is 412 g/mol. The molecular formula is C19H15BrN4O3. The van der Waals surface area contributed by atoms with E-state index in [0.29, 0.717) is 17.9 Å². The molecule has 136 valence electrons. The van der Waals surface area contributed by atoms with Gasteiger partial charge in [-0.1, -0.05) is 40.2 Å². The first kappa shape index (κ1) is 18.5. The first-order chi connectivity index (χ1) is 13.0. The predicted molar refractivity (Wildman–Crippen MR) is 106 cm³/mol. The minimum Gasteiger partial charge on any atom is -0.307 e. The van der Waals surface area contributed by atoms with E-state index in [4.69, 9.17) is 0 Å². The van der Waals surface area contributed by atoms with Crippen LogP contribution in [-0.4, -0.2) is 20.6 Å². The summed E-state index contributed by atoms with van der Waals surface area (Å²) >= 11 is 3.39. The van der Waals surface area contributed by atoms with E-state index < -0.39 is 10.8 Å². The second-order valence-electron chi connectivity index (χ2n) is 5.64. The Bertz CT molecular complexity index is 996. The maximum Gasteiger partial charge on any atom is 0.276 e. The van der Waals surface area contributed by atoms with Crippen LogP contribution >= 0.6 is 15.9 Å². The molecule has 0 radical (unpaired) electrons. The normalized spacial score (nSPS) is 10.9. The third-order valence-electron chi connectivity index (χ3n) is 3.76. The highest BCUT2D eigenvalue weighted by Crippen LogP contribution is 2.19. The Morgan fingerprint density at radius 1 is 1.19 bits per heavy atom. The molecule has 0 spiro atoms. The van der Waals surface area contributed by atoms with Gasteiger partial charge in [0.1, 0.15) is 5.82 Å². The van der Waals surface area contributed by atoms with Gasteiger partial charge in [-0.2, -0.15) is 5.10 Å². The predicted octanol–water partition coefficient (Wildman–Crippen LogP) is 4.25. The number of nitrogens with one attached hydrogen (secondary N) is 1. The lowest BCUT2D eigenvalue weighted by Crippen LogP contribution is -2.13. The lowest BCUT2D eigenvalue weighted by molar-refractivity contribution is -0.385. The summed E-state index contributed by atoms with van der Waals surface area (Å²) in [6.45, 7) is 0.504. The number of nitrogens with zero attached hydrogens (tertiary/aromatic N) is 3. The number of carbonyl (C=O) groups excluding carboxylic acids is 1. The highest BCUT2D eigenvalue weighted by Gasteiger charge is 2.10. The van der Waals surface area contributed by atoms with E-state index >= 15 is 0 Å². The SMILES string of the molecule is O=C(/C=C/c1ccccc1[N+](=O)[O-])Nc1ccnn1Cc1ccc(Br)cc1. The lowest BCUT2D eigenvalue weighted by atomic mass is 10.1. The summed E-state index contributed by atoms with van der Waals surface area (Å²) in [6.07, 6.45) is 4.28. The molecule has 0 saturated heterocycles. The molecule has 0 fully saturated rings. The third-order valence-corrected chi connectivity index (χ3v) is 4.29. The molecule has 0 aliphatic rings. The van der Waals surface area contributed by atoms with Crippen molar-refractivity contribution in [1.29, 1.82) is 0 Å². The zero-order chi connectivity index (χ0) is 19.2. The van der Waals surface area contributed by atoms with Crippen LogP contribution in [0.1, 0.15) is 11.1 Å². The summed E-state index contributed by atoms with van der Waals surface area (Å²) in [6, 6.07) is 15.7. The van der Waals surface area contributed by atoms with Crippen molar-refractivity contribution >= 4 is 39.4 Å². The summed E-state index contributed by atoms with van der Waals surface area (Å²) in [7, 11) is 0. The smallest absolute Gasteiger partial charge is 0.276 e. The lowest BCUT2D eigenvalue weighted by Gasteiger charge is -2.08. The number of nitro benzene ring substituents is 1. The number of hydrogen-bond donors (Lipinski definition) is 1. The van der Waals surface area contributed by atoms with Gasteiger partial charge in [-0.15, -0.1) is 0 Å². The zero-order valence-corrected chi connectivity index (χ0v) is 15.7. The highest BCUT2D eigenvalue weighted by molar-refractivity contribution is 9.10. The molecule has 0 aliphatic carbocycles. The Labute approximate surface area is 163 Å². The van der Waals surface area contributed by atoms with Crippen molar-refractivity contribution in [3.63, 3.8) is 0 Å². The number of hydrogen-bond acceptors (Lipinski definition) is 4. The summed E-state index contributed by atoms with van der Waals surface area (Å²) in [5.41, 5.74) is 1.34. The van der Waals surface area contributed by atoms with E-state index in [1.54, 1.807) is 35.1 Å². The summed E-state index contributed by atoms with van der Waals surface area (Å²) in [4.78, 5) is 22.7. The van der Waals surface area contributed by atoms with Gasteiger partial charge in [0.25, 0.3) is 5.69 Å². The molecule has 7 nitrogen and oxygen atoms in total. The second-order valence-corrected chi connectivity index (χ2v) is 6.55. The number of carbonyl (C=O) groups is 1. The Balaban J connectivity index is 1.69. The van der Waals surface area contributed by atoms with Crippen LogP contribution in [0, 0.1) is 10.1 Å². The number of aromatic nitrogens is 2. The van der Waals surface area contributed by atoms with Crippen LogP contribution in [0.2, 0.25) is 0 Å². The second kappa shape index (κ2) is 8.41. The number of halogens is 1. The highest BCUT2D eigenvalue weighted by atomic mass is 79.9. The maximum atomic E-state index is 12.2. The number of para-hydroxylation sites is 1. The molecule has 0 atom stereocenters. The van der Waals surface area contributed by atoms with E-state index in [1.807, 2.05) is 24.3 Å². The average molecular weight is 427 g/mol. The molecule has 1 amide bonds. The van der Waals surface area contributed by atoms with E-state index in [0.717, 1.165) is 10.0 Å². The van der Waals surface area contributed by atoms with Crippen molar-refractivity contribution in [3.8, 4) is 0 Å². The van der Waals surface area contributed by atoms with E-state index in [-0.39, 0.29) is 5.69 Å². The van der Waals surface area contributed by atoms with Crippen LogP contribution < -0.4 is 5.32 Å². The monoisotopic (exact) mass is 426 g/mol. The van der Waals surface area contributed by atoms with Crippen LogP contribution in [0.25, 0.3) is 6.08 Å². The Morgan fingerprint density at radius 3 is 2.67 bits per heavy atom. The Morgan fingerprint density at radius 2 is 1.93 bits per heavy atom. The molecule has 8 heteroatoms. The number of rotatable bonds is 6. The van der Waals surface area contributed by atoms with E-state index in [1.165, 1.54) is 18.2 Å². The van der Waals surface area contributed by atoms with Crippen molar-refractivity contribution in [2.45, 2.75) is 6.54 Å². The average Bonchev–Trinajstić information content (AvgIpc) is 3.08. The van der Waals surface area contributed by atoms with Gasteiger partial charge in [-0.3, -0.25) is 14.9 Å². The van der Waals surface area contributed by atoms with Gasteiger partial charge in [-0.25, -0.2) is 4.68 Å². The van der Waals surface area contributed by atoms with Gasteiger partial charge >= 0.3 is 0 Å². The molecule has 0 bridgehead atoms. The first-order valence-corrected chi connectivity index (χ1v) is 8.81. The van der Waals surface area contributed by atoms with Gasteiger partial charge < -0.3 is 5.32 Å². The molecule has 1 aromatic heterocycles. The number of anilines is 1. The fourth-order valence-corrected chi connectivity index (χ4v) is 2.72. The molecule has 1 N–H and O–H groups in total. The molecule has 0 unspecified atom stereocenters. The van der Waals surface area contributed by atoms with Crippen LogP contribution in [0.4, 0.5) is 11.5 Å². The summed E-state index contributed by atoms with van der Waals surface area (Å²) < 4.78 is 2.65. The number of nitro groups is 1. The molecule has 1 heterocycles. The number of benzene rings is 2. The van der Waals surface area contributed by atoms with Crippen molar-refractivity contribution in [3.05, 3.63) is 92.6 Å². The summed E-state index contributed by atoms with van der Waals surface area (Å²) in [5.74, 6) is 0.140. The fraction of sp³-hybridized carbons (Fsp3) is 0.0526. The minimum atomic E-state index is -0.481. The van der Waals surface area contributed by atoms with Crippen molar-refractivity contribution < 1.29 is 9.72 Å². The van der Waals surface area contributed by atoms with Crippen LogP contribution in [0.3, 0.4) is 0 Å². The summed E-state index contributed by atoms with van der Waals surface area (Å²) in [5, 5.41) is 18.0. The van der Waals surface area contributed by atoms with Gasteiger partial charge in [0.05, 0.1) is 23.2 Å². The minimum absolute atomic E-state index is 0.0539. The zero-order valence-electron chi connectivity index (χ0n) is 14.1. The fourth-order valence-electron chi connectivity index (χ4n) is 2.46. The van der Waals surface area contributed by atoms with Gasteiger partial charge in [-0.05, 0) is 29.8 Å². The molecule has 3 rings (SSSR count). The quantitative estimate of drug-likeness (QED) is 0.362. The van der Waals surface area contributed by atoms with Gasteiger partial charge in [0.2, 0.25) is 5.91 Å². The van der Waals surface area contributed by atoms with Crippen LogP contribution in [0.5, 0.6) is 0 Å². The van der Waals surface area contributed by atoms with Crippen molar-refractivity contribution in [2.75, 3.05) is 5.32 Å². The van der Waals surface area contributed by atoms with Crippen LogP contribution in [-0.2, 0) is 11.3 Å². The van der Waals surface area contributed by atoms with Gasteiger partial charge in [0, 0.05) is 22.7 Å². The Hall–Kier alpha value is -3.26. The van der Waals surface area contributed by atoms with E-state index in [9.17, 15) is 14.9 Å².